The minimum Gasteiger partial charge on any atom is -0.496 e. The molecule has 1 N–H and O–H groups in total. The highest BCUT2D eigenvalue weighted by molar-refractivity contribution is 5.91. The van der Waals surface area contributed by atoms with Crippen LogP contribution in [0.4, 0.5) is 0 Å². The van der Waals surface area contributed by atoms with E-state index in [1.807, 2.05) is 30.5 Å². The number of amides is 1. The molecule has 0 spiro atoms. The van der Waals surface area contributed by atoms with Gasteiger partial charge in [0.1, 0.15) is 5.75 Å². The van der Waals surface area contributed by atoms with Gasteiger partial charge in [0.2, 0.25) is 0 Å². The Morgan fingerprint density at radius 1 is 1.29 bits per heavy atom. The summed E-state index contributed by atoms with van der Waals surface area (Å²) in [6, 6.07) is 11.3. The Kier molecular flexibility index (Phi) is 3.64. The van der Waals surface area contributed by atoms with Crippen LogP contribution in [-0.4, -0.2) is 24.1 Å². The minimum atomic E-state index is -0.200. The number of nitrogens with one attached hydrogen (secondary N) is 1. The average molecular weight is 284 g/mol. The highest BCUT2D eigenvalue weighted by atomic mass is 16.5. The zero-order chi connectivity index (χ0) is 14.7. The summed E-state index contributed by atoms with van der Waals surface area (Å²) >= 11 is 0. The summed E-state index contributed by atoms with van der Waals surface area (Å²) in [6.07, 6.45) is 3.48. The number of nitrogens with zero attached hydrogens (tertiary/aromatic N) is 1. The third-order valence-electron chi connectivity index (χ3n) is 3.38. The second-order valence-corrected chi connectivity index (χ2v) is 4.64. The molecule has 0 atom stereocenters. The fourth-order valence-corrected chi connectivity index (χ4v) is 2.35. The summed E-state index contributed by atoms with van der Waals surface area (Å²) in [7, 11) is 1.66. The van der Waals surface area contributed by atoms with Gasteiger partial charge in [0.15, 0.2) is 5.76 Å². The Bertz CT molecular complexity index is 744. The highest BCUT2D eigenvalue weighted by Crippen LogP contribution is 2.25. The first kappa shape index (κ1) is 13.3. The molecule has 0 unspecified atom stereocenters. The molecule has 0 aliphatic heterocycles. The lowest BCUT2D eigenvalue weighted by Crippen LogP contribution is -2.26. The topological polar surface area (TPSA) is 56.4 Å². The van der Waals surface area contributed by atoms with Crippen LogP contribution in [0.3, 0.4) is 0 Å². The Morgan fingerprint density at radius 3 is 2.95 bits per heavy atom. The van der Waals surface area contributed by atoms with Crippen molar-refractivity contribution >= 4 is 16.8 Å². The summed E-state index contributed by atoms with van der Waals surface area (Å²) in [4.78, 5) is 11.8. The van der Waals surface area contributed by atoms with Gasteiger partial charge in [-0.25, -0.2) is 0 Å². The van der Waals surface area contributed by atoms with Crippen LogP contribution in [0.15, 0.2) is 53.3 Å². The van der Waals surface area contributed by atoms with Gasteiger partial charge in [-0.3, -0.25) is 4.79 Å². The monoisotopic (exact) mass is 284 g/mol. The molecule has 2 aromatic heterocycles. The lowest BCUT2D eigenvalue weighted by molar-refractivity contribution is 0.0924. The fourth-order valence-electron chi connectivity index (χ4n) is 2.35. The number of carbonyl (C=O) groups excluding carboxylic acids is 1. The second kappa shape index (κ2) is 5.75. The number of hydrogen-bond acceptors (Lipinski definition) is 3. The van der Waals surface area contributed by atoms with Crippen LogP contribution in [0.25, 0.3) is 10.9 Å². The molecular weight excluding hydrogens is 268 g/mol. The number of furan rings is 1. The average Bonchev–Trinajstić information content (AvgIpc) is 3.16. The molecule has 1 aromatic carbocycles. The summed E-state index contributed by atoms with van der Waals surface area (Å²) < 4.78 is 12.5. The van der Waals surface area contributed by atoms with Crippen molar-refractivity contribution in [3.63, 3.8) is 0 Å². The van der Waals surface area contributed by atoms with Crippen molar-refractivity contribution in [3.05, 3.63) is 54.6 Å². The Hall–Kier alpha value is -2.69. The molecule has 0 aliphatic rings. The lowest BCUT2D eigenvalue weighted by Gasteiger charge is -2.07. The number of ether oxygens (including phenoxy) is 1. The van der Waals surface area contributed by atoms with Crippen molar-refractivity contribution in [2.24, 2.45) is 0 Å². The molecule has 2 heterocycles. The standard InChI is InChI=1S/C16H16N2O3/c1-20-14-5-2-4-13-12(14)7-9-18(13)10-8-17-16(19)15-6-3-11-21-15/h2-7,9,11H,8,10H2,1H3,(H,17,19). The number of fused-ring (bicyclic) bond motifs is 1. The third kappa shape index (κ3) is 2.63. The van der Waals surface area contributed by atoms with Gasteiger partial charge in [-0.15, -0.1) is 0 Å². The molecule has 0 radical (unpaired) electrons. The lowest BCUT2D eigenvalue weighted by atomic mass is 10.2. The third-order valence-corrected chi connectivity index (χ3v) is 3.38. The van der Waals surface area contributed by atoms with Crippen molar-refractivity contribution < 1.29 is 13.9 Å². The van der Waals surface area contributed by atoms with Gasteiger partial charge >= 0.3 is 0 Å². The van der Waals surface area contributed by atoms with E-state index in [2.05, 4.69) is 9.88 Å². The first-order valence-corrected chi connectivity index (χ1v) is 6.73. The molecule has 5 nitrogen and oxygen atoms in total. The number of rotatable bonds is 5. The van der Waals surface area contributed by atoms with Crippen LogP contribution in [0.2, 0.25) is 0 Å². The van der Waals surface area contributed by atoms with Crippen molar-refractivity contribution in [2.75, 3.05) is 13.7 Å². The van der Waals surface area contributed by atoms with E-state index in [1.54, 1.807) is 19.2 Å². The smallest absolute Gasteiger partial charge is 0.287 e. The van der Waals surface area contributed by atoms with E-state index in [0.717, 1.165) is 16.7 Å². The summed E-state index contributed by atoms with van der Waals surface area (Å²) in [6.45, 7) is 1.21. The molecular formula is C16H16N2O3. The number of carbonyl (C=O) groups is 1. The molecule has 5 heteroatoms. The van der Waals surface area contributed by atoms with Gasteiger partial charge in [0.05, 0.1) is 18.9 Å². The molecule has 0 aliphatic carbocycles. The van der Waals surface area contributed by atoms with Crippen LogP contribution in [0, 0.1) is 0 Å². The predicted molar refractivity (Wildman–Crippen MR) is 79.5 cm³/mol. The maximum Gasteiger partial charge on any atom is 0.287 e. The van der Waals surface area contributed by atoms with Crippen LogP contribution >= 0.6 is 0 Å². The Morgan fingerprint density at radius 2 is 2.19 bits per heavy atom. The quantitative estimate of drug-likeness (QED) is 0.783. The highest BCUT2D eigenvalue weighted by Gasteiger charge is 2.08. The molecule has 3 aromatic rings. The van der Waals surface area contributed by atoms with E-state index in [-0.39, 0.29) is 5.91 Å². The molecule has 0 saturated heterocycles. The van der Waals surface area contributed by atoms with E-state index in [1.165, 1.54) is 6.26 Å². The summed E-state index contributed by atoms with van der Waals surface area (Å²) in [5, 5.41) is 3.90. The van der Waals surface area contributed by atoms with E-state index in [0.29, 0.717) is 18.8 Å². The van der Waals surface area contributed by atoms with Crippen molar-refractivity contribution in [1.29, 1.82) is 0 Å². The van der Waals surface area contributed by atoms with Gasteiger partial charge in [-0.1, -0.05) is 6.07 Å². The van der Waals surface area contributed by atoms with E-state index in [9.17, 15) is 4.79 Å². The zero-order valence-electron chi connectivity index (χ0n) is 11.7. The summed E-state index contributed by atoms with van der Waals surface area (Å²) in [5.41, 5.74) is 1.08. The second-order valence-electron chi connectivity index (χ2n) is 4.64. The van der Waals surface area contributed by atoms with Crippen LogP contribution in [-0.2, 0) is 6.54 Å². The van der Waals surface area contributed by atoms with Gasteiger partial charge in [0.25, 0.3) is 5.91 Å². The number of aromatic nitrogens is 1. The number of hydrogen-bond donors (Lipinski definition) is 1. The maximum atomic E-state index is 11.8. The Labute approximate surface area is 122 Å². The minimum absolute atomic E-state index is 0.200. The van der Waals surface area contributed by atoms with Crippen molar-refractivity contribution in [3.8, 4) is 5.75 Å². The predicted octanol–water partition coefficient (Wildman–Crippen LogP) is 2.67. The first-order valence-electron chi connectivity index (χ1n) is 6.73. The van der Waals surface area contributed by atoms with Gasteiger partial charge in [-0.05, 0) is 30.3 Å². The fraction of sp³-hybridized carbons (Fsp3) is 0.188. The SMILES string of the molecule is COc1cccc2c1ccn2CCNC(=O)c1ccco1. The van der Waals surface area contributed by atoms with Crippen LogP contribution in [0.1, 0.15) is 10.6 Å². The van der Waals surface area contributed by atoms with Gasteiger partial charge in [-0.2, -0.15) is 0 Å². The van der Waals surface area contributed by atoms with Crippen LogP contribution in [0.5, 0.6) is 5.75 Å². The zero-order valence-corrected chi connectivity index (χ0v) is 11.7. The van der Waals surface area contributed by atoms with Gasteiger partial charge < -0.3 is 19.0 Å². The first-order chi connectivity index (χ1) is 10.3. The van der Waals surface area contributed by atoms with E-state index >= 15 is 0 Å². The normalized spacial score (nSPS) is 10.7. The molecule has 3 rings (SSSR count). The van der Waals surface area contributed by atoms with E-state index in [4.69, 9.17) is 9.15 Å². The largest absolute Gasteiger partial charge is 0.496 e. The summed E-state index contributed by atoms with van der Waals surface area (Å²) in [5.74, 6) is 0.981. The van der Waals surface area contributed by atoms with Crippen molar-refractivity contribution in [2.45, 2.75) is 6.54 Å². The molecule has 1 amide bonds. The van der Waals surface area contributed by atoms with Crippen molar-refractivity contribution in [1.82, 2.24) is 9.88 Å². The molecule has 0 fully saturated rings. The van der Waals surface area contributed by atoms with Gasteiger partial charge in [0, 0.05) is 24.7 Å². The Balaban J connectivity index is 1.67. The number of methoxy groups -OCH3 is 1. The molecule has 108 valence electrons. The van der Waals surface area contributed by atoms with Crippen LogP contribution < -0.4 is 10.1 Å². The van der Waals surface area contributed by atoms with E-state index < -0.39 is 0 Å². The molecule has 21 heavy (non-hydrogen) atoms. The molecule has 0 saturated carbocycles. The maximum absolute atomic E-state index is 11.8. The molecule has 0 bridgehead atoms. The number of benzene rings is 1.